The number of aryl methyl sites for hydroxylation is 1. The highest BCUT2D eigenvalue weighted by molar-refractivity contribution is 6.32. The average Bonchev–Trinajstić information content (AvgIpc) is 3.27. The molecule has 0 saturated carbocycles. The summed E-state index contributed by atoms with van der Waals surface area (Å²) < 4.78 is 18.5. The normalized spacial score (nSPS) is 14.2. The Bertz CT molecular complexity index is 1700. The number of ether oxygens (including phenoxy) is 2. The summed E-state index contributed by atoms with van der Waals surface area (Å²) in [4.78, 5) is 23.9. The number of fused-ring (bicyclic) bond motifs is 2. The molecule has 3 aromatic carbocycles. The molecule has 40 heavy (non-hydrogen) atoms. The van der Waals surface area contributed by atoms with Gasteiger partial charge in [0.15, 0.2) is 5.58 Å². The zero-order valence-electron chi connectivity index (χ0n) is 21.6. The van der Waals surface area contributed by atoms with Crippen LogP contribution < -0.4 is 15.8 Å². The van der Waals surface area contributed by atoms with Crippen molar-refractivity contribution >= 4 is 56.7 Å². The molecule has 1 aliphatic heterocycles. The Morgan fingerprint density at radius 1 is 0.975 bits per heavy atom. The molecule has 6 rings (SSSR count). The molecule has 1 N–H and O–H groups in total. The molecular weight excluding hydrogens is 553 g/mol. The van der Waals surface area contributed by atoms with Gasteiger partial charge < -0.3 is 19.2 Å². The first-order valence-corrected chi connectivity index (χ1v) is 13.8. The minimum absolute atomic E-state index is 0.370. The van der Waals surface area contributed by atoms with Crippen molar-refractivity contribution in [2.24, 2.45) is 0 Å². The van der Waals surface area contributed by atoms with Gasteiger partial charge in [-0.25, -0.2) is 14.8 Å². The van der Waals surface area contributed by atoms with Crippen LogP contribution in [0.4, 0.5) is 11.5 Å². The van der Waals surface area contributed by atoms with Gasteiger partial charge in [-0.1, -0.05) is 35.3 Å². The van der Waals surface area contributed by atoms with Crippen molar-refractivity contribution in [3.05, 3.63) is 87.1 Å². The van der Waals surface area contributed by atoms with E-state index in [2.05, 4.69) is 20.2 Å². The standard InChI is InChI=1S/C29H27Cl2N5O4/c30-20-4-2-19(3-5-20)17-39-26-7-6-21(14-23(26)31)34-28-22-15-25-27(16-24(22)32-18-33-28)40-29(37)36(25)9-1-8-35-10-12-38-13-11-35/h2-7,14-16,18H,1,8-13,17H2,(H,32,33,34). The summed E-state index contributed by atoms with van der Waals surface area (Å²) >= 11 is 12.5. The summed E-state index contributed by atoms with van der Waals surface area (Å²) in [7, 11) is 0. The Balaban J connectivity index is 1.20. The van der Waals surface area contributed by atoms with Gasteiger partial charge in [-0.05, 0) is 48.4 Å². The molecule has 9 nitrogen and oxygen atoms in total. The maximum Gasteiger partial charge on any atom is 0.419 e. The van der Waals surface area contributed by atoms with Crippen LogP contribution in [0.15, 0.2) is 70.1 Å². The van der Waals surface area contributed by atoms with Gasteiger partial charge in [-0.15, -0.1) is 0 Å². The van der Waals surface area contributed by atoms with E-state index in [0.29, 0.717) is 51.4 Å². The lowest BCUT2D eigenvalue weighted by Crippen LogP contribution is -2.37. The Morgan fingerprint density at radius 2 is 1.80 bits per heavy atom. The maximum absolute atomic E-state index is 12.7. The molecule has 206 valence electrons. The van der Waals surface area contributed by atoms with Crippen LogP contribution in [0, 0.1) is 0 Å². The van der Waals surface area contributed by atoms with E-state index in [1.54, 1.807) is 16.7 Å². The number of benzene rings is 3. The third kappa shape index (κ3) is 5.93. The average molecular weight is 580 g/mol. The lowest BCUT2D eigenvalue weighted by atomic mass is 10.2. The summed E-state index contributed by atoms with van der Waals surface area (Å²) in [6.07, 6.45) is 2.30. The minimum Gasteiger partial charge on any atom is -0.487 e. The summed E-state index contributed by atoms with van der Waals surface area (Å²) in [5.41, 5.74) is 3.59. The van der Waals surface area contributed by atoms with Gasteiger partial charge in [0.05, 0.1) is 29.3 Å². The highest BCUT2D eigenvalue weighted by atomic mass is 35.5. The van der Waals surface area contributed by atoms with Crippen LogP contribution in [-0.2, 0) is 17.9 Å². The molecule has 0 radical (unpaired) electrons. The van der Waals surface area contributed by atoms with E-state index in [1.165, 1.54) is 6.33 Å². The molecule has 0 bridgehead atoms. The van der Waals surface area contributed by atoms with Crippen LogP contribution in [0.1, 0.15) is 12.0 Å². The molecule has 3 heterocycles. The van der Waals surface area contributed by atoms with E-state index < -0.39 is 0 Å². The second kappa shape index (κ2) is 11.9. The second-order valence-corrected chi connectivity index (χ2v) is 10.4. The van der Waals surface area contributed by atoms with E-state index in [4.69, 9.17) is 37.1 Å². The highest BCUT2D eigenvalue weighted by Gasteiger charge is 2.15. The number of oxazole rings is 1. The van der Waals surface area contributed by atoms with Crippen molar-refractivity contribution in [2.75, 3.05) is 38.2 Å². The molecule has 1 aliphatic rings. The molecule has 0 aliphatic carbocycles. The topological polar surface area (TPSA) is 94.7 Å². The van der Waals surface area contributed by atoms with E-state index in [0.717, 1.165) is 55.9 Å². The fourth-order valence-corrected chi connectivity index (χ4v) is 5.14. The fourth-order valence-electron chi connectivity index (χ4n) is 4.78. The first-order chi connectivity index (χ1) is 19.5. The Kier molecular flexibility index (Phi) is 7.88. The predicted octanol–water partition coefficient (Wildman–Crippen LogP) is 5.89. The fraction of sp³-hybridized carbons (Fsp3) is 0.276. The van der Waals surface area contributed by atoms with Gasteiger partial charge in [0.2, 0.25) is 0 Å². The lowest BCUT2D eigenvalue weighted by Gasteiger charge is -2.26. The van der Waals surface area contributed by atoms with Crippen molar-refractivity contribution in [2.45, 2.75) is 19.6 Å². The zero-order chi connectivity index (χ0) is 27.5. The van der Waals surface area contributed by atoms with Crippen molar-refractivity contribution in [1.29, 1.82) is 0 Å². The van der Waals surface area contributed by atoms with Crippen LogP contribution in [0.3, 0.4) is 0 Å². The van der Waals surface area contributed by atoms with Crippen molar-refractivity contribution < 1.29 is 13.9 Å². The number of nitrogens with one attached hydrogen (secondary N) is 1. The number of nitrogens with zero attached hydrogens (tertiary/aromatic N) is 4. The maximum atomic E-state index is 12.7. The molecule has 0 amide bonds. The first kappa shape index (κ1) is 26.6. The highest BCUT2D eigenvalue weighted by Crippen LogP contribution is 2.32. The molecule has 0 atom stereocenters. The van der Waals surface area contributed by atoms with Crippen LogP contribution in [0.25, 0.3) is 22.0 Å². The van der Waals surface area contributed by atoms with Gasteiger partial charge in [0.1, 0.15) is 24.5 Å². The Labute approximate surface area is 240 Å². The molecule has 5 aromatic rings. The predicted molar refractivity (Wildman–Crippen MR) is 156 cm³/mol. The van der Waals surface area contributed by atoms with E-state index in [9.17, 15) is 4.79 Å². The van der Waals surface area contributed by atoms with Crippen molar-refractivity contribution in [3.63, 3.8) is 0 Å². The lowest BCUT2D eigenvalue weighted by molar-refractivity contribution is 0.0369. The largest absolute Gasteiger partial charge is 0.487 e. The first-order valence-electron chi connectivity index (χ1n) is 13.1. The van der Waals surface area contributed by atoms with Gasteiger partial charge in [0, 0.05) is 48.3 Å². The molecule has 1 saturated heterocycles. The number of morpholine rings is 1. The minimum atomic E-state index is -0.379. The zero-order valence-corrected chi connectivity index (χ0v) is 23.1. The second-order valence-electron chi connectivity index (χ2n) is 9.57. The van der Waals surface area contributed by atoms with Crippen LogP contribution in [0.5, 0.6) is 5.75 Å². The number of rotatable bonds is 9. The number of aromatic nitrogens is 3. The third-order valence-corrected chi connectivity index (χ3v) is 7.43. The van der Waals surface area contributed by atoms with Gasteiger partial charge in [-0.3, -0.25) is 9.47 Å². The number of halogens is 2. The molecule has 0 unspecified atom stereocenters. The van der Waals surface area contributed by atoms with Crippen LogP contribution >= 0.6 is 23.2 Å². The molecule has 0 spiro atoms. The quantitative estimate of drug-likeness (QED) is 0.231. The van der Waals surface area contributed by atoms with Gasteiger partial charge in [-0.2, -0.15) is 0 Å². The van der Waals surface area contributed by atoms with Gasteiger partial charge in [0.25, 0.3) is 0 Å². The summed E-state index contributed by atoms with van der Waals surface area (Å²) in [6, 6.07) is 16.6. The van der Waals surface area contributed by atoms with E-state index in [1.807, 2.05) is 42.5 Å². The Morgan fingerprint density at radius 3 is 2.60 bits per heavy atom. The smallest absolute Gasteiger partial charge is 0.419 e. The molecule has 1 fully saturated rings. The monoisotopic (exact) mass is 579 g/mol. The van der Waals surface area contributed by atoms with Crippen LogP contribution in [-0.4, -0.2) is 52.3 Å². The van der Waals surface area contributed by atoms with E-state index in [-0.39, 0.29) is 5.76 Å². The summed E-state index contributed by atoms with van der Waals surface area (Å²) in [5.74, 6) is 0.776. The summed E-state index contributed by atoms with van der Waals surface area (Å²) in [5, 5.41) is 5.23. The molecular formula is C29H27Cl2N5O4. The number of hydrogen-bond donors (Lipinski definition) is 1. The molecule has 11 heteroatoms. The number of hydrogen-bond acceptors (Lipinski definition) is 8. The van der Waals surface area contributed by atoms with Crippen molar-refractivity contribution in [3.8, 4) is 5.75 Å². The summed E-state index contributed by atoms with van der Waals surface area (Å²) in [6.45, 7) is 5.15. The molecule has 2 aromatic heterocycles. The third-order valence-electron chi connectivity index (χ3n) is 6.89. The van der Waals surface area contributed by atoms with Crippen molar-refractivity contribution in [1.82, 2.24) is 19.4 Å². The number of anilines is 2. The Hall–Kier alpha value is -3.63. The van der Waals surface area contributed by atoms with E-state index >= 15 is 0 Å². The SMILES string of the molecule is O=c1oc2cc3ncnc(Nc4ccc(OCc5ccc(Cl)cc5)c(Cl)c4)c3cc2n1CCCN1CCOCC1. The van der Waals surface area contributed by atoms with Crippen LogP contribution in [0.2, 0.25) is 10.0 Å². The van der Waals surface area contributed by atoms with Gasteiger partial charge >= 0.3 is 5.76 Å².